The highest BCUT2D eigenvalue weighted by molar-refractivity contribution is 5.59. The van der Waals surface area contributed by atoms with E-state index in [0.717, 1.165) is 5.92 Å². The van der Waals surface area contributed by atoms with Crippen LogP contribution in [0.4, 0.5) is 0 Å². The predicted molar refractivity (Wildman–Crippen MR) is 41.4 cm³/mol. The number of hydrogen-bond acceptors (Lipinski definition) is 2. The van der Waals surface area contributed by atoms with E-state index < -0.39 is 0 Å². The molecule has 10 heavy (non-hydrogen) atoms. The van der Waals surface area contributed by atoms with Gasteiger partial charge in [0.25, 0.3) is 0 Å². The minimum absolute atomic E-state index is 0.543. The fourth-order valence-corrected chi connectivity index (χ4v) is 1.53. The first-order valence-corrected chi connectivity index (χ1v) is 4.00. The third-order valence-corrected chi connectivity index (χ3v) is 2.34. The first-order chi connectivity index (χ1) is 4.83. The van der Waals surface area contributed by atoms with Crippen molar-refractivity contribution in [1.29, 1.82) is 0 Å². The third kappa shape index (κ3) is 2.01. The lowest BCUT2D eigenvalue weighted by Gasteiger charge is -2.22. The summed E-state index contributed by atoms with van der Waals surface area (Å²) in [6, 6.07) is 0. The summed E-state index contributed by atoms with van der Waals surface area (Å²) in [5.74, 6) is 1.42. The van der Waals surface area contributed by atoms with Crippen molar-refractivity contribution in [3.63, 3.8) is 0 Å². The minimum atomic E-state index is 0.543. The Morgan fingerprint density at radius 2 is 1.90 bits per heavy atom. The van der Waals surface area contributed by atoms with Gasteiger partial charge in [0.1, 0.15) is 0 Å². The Hall–Kier alpha value is -0.530. The number of rotatable bonds is 1. The van der Waals surface area contributed by atoms with Gasteiger partial charge in [0.05, 0.1) is 0 Å². The molecule has 1 aliphatic carbocycles. The molecule has 0 aromatic carbocycles. The number of oxime groups is 1. The Kier molecular flexibility index (Phi) is 2.72. The van der Waals surface area contributed by atoms with Crippen LogP contribution in [0.1, 0.15) is 32.6 Å². The lowest BCUT2D eigenvalue weighted by molar-refractivity contribution is 0.305. The summed E-state index contributed by atoms with van der Waals surface area (Å²) in [6.45, 7) is 2.28. The fraction of sp³-hybridized carbons (Fsp3) is 0.875. The highest BCUT2D eigenvalue weighted by Gasteiger charge is 2.15. The van der Waals surface area contributed by atoms with Gasteiger partial charge in [-0.15, -0.1) is 5.16 Å². The van der Waals surface area contributed by atoms with E-state index in [9.17, 15) is 0 Å². The molecule has 0 radical (unpaired) electrons. The molecular weight excluding hydrogens is 126 g/mol. The average Bonchev–Trinajstić information content (AvgIpc) is 1.95. The van der Waals surface area contributed by atoms with E-state index in [-0.39, 0.29) is 0 Å². The van der Waals surface area contributed by atoms with Crippen LogP contribution in [0.5, 0.6) is 0 Å². The molecule has 0 unspecified atom stereocenters. The molecule has 0 heterocycles. The van der Waals surface area contributed by atoms with Crippen LogP contribution in [0, 0.1) is 11.8 Å². The largest absolute Gasteiger partial charge is 0.411 e. The van der Waals surface area contributed by atoms with Gasteiger partial charge >= 0.3 is 0 Å². The summed E-state index contributed by atoms with van der Waals surface area (Å²) >= 11 is 0. The molecule has 0 spiro atoms. The first kappa shape index (κ1) is 7.58. The van der Waals surface area contributed by atoms with E-state index in [1.165, 1.54) is 25.7 Å². The summed E-state index contributed by atoms with van der Waals surface area (Å²) in [5.41, 5.74) is 0. The average molecular weight is 141 g/mol. The van der Waals surface area contributed by atoms with Gasteiger partial charge in [-0.2, -0.15) is 0 Å². The molecule has 1 N–H and O–H groups in total. The van der Waals surface area contributed by atoms with Gasteiger partial charge in [0.2, 0.25) is 0 Å². The maximum atomic E-state index is 8.25. The third-order valence-electron chi connectivity index (χ3n) is 2.34. The van der Waals surface area contributed by atoms with Gasteiger partial charge in [-0.3, -0.25) is 0 Å². The van der Waals surface area contributed by atoms with Crippen molar-refractivity contribution in [2.45, 2.75) is 32.6 Å². The Bertz CT molecular complexity index is 114. The van der Waals surface area contributed by atoms with Crippen LogP contribution in [-0.2, 0) is 0 Å². The van der Waals surface area contributed by atoms with Crippen molar-refractivity contribution < 1.29 is 5.21 Å². The molecule has 1 rings (SSSR count). The highest BCUT2D eigenvalue weighted by atomic mass is 16.4. The van der Waals surface area contributed by atoms with Crippen molar-refractivity contribution in [2.24, 2.45) is 17.0 Å². The number of nitrogens with zero attached hydrogens (tertiary/aromatic N) is 1. The molecule has 0 amide bonds. The Balaban J connectivity index is 2.26. The minimum Gasteiger partial charge on any atom is -0.411 e. The molecule has 0 aliphatic heterocycles. The Morgan fingerprint density at radius 1 is 1.30 bits per heavy atom. The molecule has 0 aromatic rings. The van der Waals surface area contributed by atoms with Gasteiger partial charge in [-0.1, -0.05) is 19.8 Å². The van der Waals surface area contributed by atoms with Crippen molar-refractivity contribution >= 4 is 6.21 Å². The van der Waals surface area contributed by atoms with Gasteiger partial charge in [-0.05, 0) is 24.7 Å². The van der Waals surface area contributed by atoms with Gasteiger partial charge in [0, 0.05) is 6.21 Å². The molecule has 58 valence electrons. The van der Waals surface area contributed by atoms with Gasteiger partial charge < -0.3 is 5.21 Å². The Morgan fingerprint density at radius 3 is 2.40 bits per heavy atom. The lowest BCUT2D eigenvalue weighted by atomic mass is 9.84. The zero-order valence-electron chi connectivity index (χ0n) is 6.45. The smallest absolute Gasteiger partial charge is 0.0466 e. The molecule has 0 bridgehead atoms. The van der Waals surface area contributed by atoms with Crippen molar-refractivity contribution in [2.75, 3.05) is 0 Å². The maximum absolute atomic E-state index is 8.25. The van der Waals surface area contributed by atoms with E-state index in [4.69, 9.17) is 5.21 Å². The molecule has 1 aliphatic rings. The van der Waals surface area contributed by atoms with Crippen LogP contribution in [0.3, 0.4) is 0 Å². The van der Waals surface area contributed by atoms with Crippen LogP contribution in [0.25, 0.3) is 0 Å². The van der Waals surface area contributed by atoms with Crippen LogP contribution in [0.2, 0.25) is 0 Å². The summed E-state index contributed by atoms with van der Waals surface area (Å²) in [4.78, 5) is 0. The quantitative estimate of drug-likeness (QED) is 0.339. The molecule has 0 atom stereocenters. The van der Waals surface area contributed by atoms with Crippen molar-refractivity contribution in [1.82, 2.24) is 0 Å². The molecule has 1 fully saturated rings. The van der Waals surface area contributed by atoms with Crippen LogP contribution in [0.15, 0.2) is 5.16 Å². The molecule has 0 aromatic heterocycles. The molecule has 0 saturated heterocycles. The van der Waals surface area contributed by atoms with E-state index in [2.05, 4.69) is 12.1 Å². The summed E-state index contributed by atoms with van der Waals surface area (Å²) in [5, 5.41) is 11.3. The monoisotopic (exact) mass is 141 g/mol. The zero-order chi connectivity index (χ0) is 7.40. The molecular formula is C8H15NO. The zero-order valence-corrected chi connectivity index (χ0v) is 6.45. The number of hydrogen-bond donors (Lipinski definition) is 1. The van der Waals surface area contributed by atoms with E-state index >= 15 is 0 Å². The van der Waals surface area contributed by atoms with Gasteiger partial charge in [0.15, 0.2) is 0 Å². The van der Waals surface area contributed by atoms with E-state index in [0.29, 0.717) is 5.92 Å². The van der Waals surface area contributed by atoms with Crippen LogP contribution < -0.4 is 0 Å². The summed E-state index contributed by atoms with van der Waals surface area (Å²) in [7, 11) is 0. The molecule has 2 nitrogen and oxygen atoms in total. The maximum Gasteiger partial charge on any atom is 0.0466 e. The van der Waals surface area contributed by atoms with Crippen LogP contribution >= 0.6 is 0 Å². The fourth-order valence-electron chi connectivity index (χ4n) is 1.53. The summed E-state index contributed by atoms with van der Waals surface area (Å²) in [6.07, 6.45) is 6.65. The van der Waals surface area contributed by atoms with Crippen molar-refractivity contribution in [3.8, 4) is 0 Å². The molecule has 1 saturated carbocycles. The van der Waals surface area contributed by atoms with E-state index in [1.54, 1.807) is 6.21 Å². The highest BCUT2D eigenvalue weighted by Crippen LogP contribution is 2.26. The Labute approximate surface area is 61.9 Å². The normalized spacial score (nSPS) is 34.9. The topological polar surface area (TPSA) is 32.6 Å². The van der Waals surface area contributed by atoms with Crippen molar-refractivity contribution in [3.05, 3.63) is 0 Å². The standard InChI is InChI=1S/C8H15NO/c1-7-2-4-8(5-3-7)6-9-10/h6-8,10H,2-5H2,1H3. The predicted octanol–water partition coefficient (Wildman–Crippen LogP) is 2.27. The van der Waals surface area contributed by atoms with Gasteiger partial charge in [-0.25, -0.2) is 0 Å². The SMILES string of the molecule is CC1CCC(C=NO)CC1. The second-order valence-electron chi connectivity index (χ2n) is 3.28. The van der Waals surface area contributed by atoms with E-state index in [1.807, 2.05) is 0 Å². The molecule has 2 heteroatoms. The van der Waals surface area contributed by atoms with Crippen LogP contribution in [-0.4, -0.2) is 11.4 Å². The first-order valence-electron chi connectivity index (χ1n) is 4.00. The second-order valence-corrected chi connectivity index (χ2v) is 3.28. The summed E-state index contributed by atoms with van der Waals surface area (Å²) < 4.78 is 0. The second kappa shape index (κ2) is 3.59. The lowest BCUT2D eigenvalue weighted by Crippen LogP contribution is -2.12.